The van der Waals surface area contributed by atoms with Crippen LogP contribution in [0.1, 0.15) is 22.3 Å². The number of guanidine groups is 1. The number of rotatable bonds is 8. The summed E-state index contributed by atoms with van der Waals surface area (Å²) in [4.78, 5) is 17.7. The quantitative estimate of drug-likeness (QED) is 0.374. The lowest BCUT2D eigenvalue weighted by molar-refractivity contribution is 0.0827. The van der Waals surface area contributed by atoms with Crippen molar-refractivity contribution < 1.29 is 9.53 Å². The van der Waals surface area contributed by atoms with Crippen molar-refractivity contribution in [2.45, 2.75) is 13.0 Å². The van der Waals surface area contributed by atoms with Crippen molar-refractivity contribution in [3.05, 3.63) is 63.6 Å². The minimum atomic E-state index is -0.0101. The molecule has 2 aromatic rings. The average Bonchev–Trinajstić information content (AvgIpc) is 2.71. The molecule has 0 unspecified atom stereocenters. The summed E-state index contributed by atoms with van der Waals surface area (Å²) >= 11 is 12.0. The molecule has 8 heteroatoms. The van der Waals surface area contributed by atoms with E-state index in [4.69, 9.17) is 27.9 Å². The Kier molecular flexibility index (Phi) is 9.09. The second kappa shape index (κ2) is 11.5. The van der Waals surface area contributed by atoms with Crippen LogP contribution in [0.3, 0.4) is 0 Å². The summed E-state index contributed by atoms with van der Waals surface area (Å²) in [6, 6.07) is 12.7. The zero-order chi connectivity index (χ0) is 21.2. The van der Waals surface area contributed by atoms with Gasteiger partial charge in [0.25, 0.3) is 5.91 Å². The number of amides is 1. The first-order valence-corrected chi connectivity index (χ1v) is 9.99. The fourth-order valence-electron chi connectivity index (χ4n) is 2.48. The van der Waals surface area contributed by atoms with Gasteiger partial charge in [-0.05, 0) is 42.3 Å². The highest BCUT2D eigenvalue weighted by molar-refractivity contribution is 6.35. The highest BCUT2D eigenvalue weighted by Gasteiger charge is 2.07. The number of hydrogen-bond acceptors (Lipinski definition) is 3. The molecule has 0 aliphatic heterocycles. The van der Waals surface area contributed by atoms with Crippen LogP contribution in [0.15, 0.2) is 47.5 Å². The summed E-state index contributed by atoms with van der Waals surface area (Å²) < 4.78 is 5.66. The predicted molar refractivity (Wildman–Crippen MR) is 119 cm³/mol. The van der Waals surface area contributed by atoms with Crippen molar-refractivity contribution in [2.75, 3.05) is 34.3 Å². The van der Waals surface area contributed by atoms with Crippen LogP contribution in [0.2, 0.25) is 10.0 Å². The van der Waals surface area contributed by atoms with Crippen LogP contribution in [0.4, 0.5) is 0 Å². The summed E-state index contributed by atoms with van der Waals surface area (Å²) in [5, 5.41) is 7.57. The fourth-order valence-corrected chi connectivity index (χ4v) is 2.95. The van der Waals surface area contributed by atoms with E-state index in [-0.39, 0.29) is 5.91 Å². The van der Waals surface area contributed by atoms with Crippen molar-refractivity contribution in [1.29, 1.82) is 0 Å². The maximum atomic E-state index is 11.9. The number of nitrogens with one attached hydrogen (secondary N) is 2. The maximum absolute atomic E-state index is 11.9. The monoisotopic (exact) mass is 436 g/mol. The van der Waals surface area contributed by atoms with Gasteiger partial charge >= 0.3 is 0 Å². The molecule has 0 fully saturated rings. The second-order valence-corrected chi connectivity index (χ2v) is 7.37. The van der Waals surface area contributed by atoms with Gasteiger partial charge in [0.1, 0.15) is 5.75 Å². The third kappa shape index (κ3) is 7.48. The van der Waals surface area contributed by atoms with E-state index < -0.39 is 0 Å². The van der Waals surface area contributed by atoms with Crippen LogP contribution in [0.5, 0.6) is 5.75 Å². The molecule has 0 aliphatic rings. The lowest BCUT2D eigenvalue weighted by Crippen LogP contribution is -2.37. The van der Waals surface area contributed by atoms with E-state index in [1.807, 2.05) is 24.3 Å². The van der Waals surface area contributed by atoms with Crippen molar-refractivity contribution >= 4 is 35.1 Å². The zero-order valence-corrected chi connectivity index (χ0v) is 18.3. The Bertz CT molecular complexity index is 839. The van der Waals surface area contributed by atoms with Crippen LogP contribution in [0, 0.1) is 0 Å². The summed E-state index contributed by atoms with van der Waals surface area (Å²) in [6.07, 6.45) is 0.779. The van der Waals surface area contributed by atoms with Crippen molar-refractivity contribution in [3.63, 3.8) is 0 Å². The molecule has 0 aromatic heterocycles. The standard InChI is InChI=1S/C21H26Cl2N4O2/c1-24-21(25-11-4-12-29-19-10-9-17(22)13-18(19)23)26-14-15-5-7-16(8-6-15)20(28)27(2)3/h5-10,13H,4,11-12,14H2,1-3H3,(H2,24,25,26). The highest BCUT2D eigenvalue weighted by atomic mass is 35.5. The molecule has 0 radical (unpaired) electrons. The Hall–Kier alpha value is -2.44. The smallest absolute Gasteiger partial charge is 0.253 e. The topological polar surface area (TPSA) is 66.0 Å². The maximum Gasteiger partial charge on any atom is 0.253 e. The summed E-state index contributed by atoms with van der Waals surface area (Å²) in [5.41, 5.74) is 1.73. The zero-order valence-electron chi connectivity index (χ0n) is 16.8. The summed E-state index contributed by atoms with van der Waals surface area (Å²) in [6.45, 7) is 1.82. The number of nitrogens with zero attached hydrogens (tertiary/aromatic N) is 2. The van der Waals surface area contributed by atoms with Crippen LogP contribution in [-0.2, 0) is 6.54 Å². The van der Waals surface area contributed by atoms with Crippen LogP contribution >= 0.6 is 23.2 Å². The molecule has 2 N–H and O–H groups in total. The van der Waals surface area contributed by atoms with E-state index in [9.17, 15) is 4.79 Å². The largest absolute Gasteiger partial charge is 0.492 e. The Balaban J connectivity index is 1.70. The third-order valence-electron chi connectivity index (χ3n) is 4.06. The van der Waals surface area contributed by atoms with Crippen molar-refractivity contribution in [1.82, 2.24) is 15.5 Å². The molecule has 6 nitrogen and oxygen atoms in total. The number of carbonyl (C=O) groups is 1. The van der Waals surface area contributed by atoms with E-state index in [1.54, 1.807) is 44.2 Å². The summed E-state index contributed by atoms with van der Waals surface area (Å²) in [5.74, 6) is 1.31. The van der Waals surface area contributed by atoms with Gasteiger partial charge in [-0.3, -0.25) is 9.79 Å². The number of halogens is 2. The van der Waals surface area contributed by atoms with E-state index in [0.717, 1.165) is 12.0 Å². The molecule has 156 valence electrons. The van der Waals surface area contributed by atoms with Crippen LogP contribution < -0.4 is 15.4 Å². The van der Waals surface area contributed by atoms with Gasteiger partial charge in [0.05, 0.1) is 11.6 Å². The van der Waals surface area contributed by atoms with E-state index >= 15 is 0 Å². The SMILES string of the molecule is CN=C(NCCCOc1ccc(Cl)cc1Cl)NCc1ccc(C(=O)N(C)C)cc1. The molecule has 2 aromatic carbocycles. The van der Waals surface area contributed by atoms with Gasteiger partial charge in [0.2, 0.25) is 0 Å². The first-order valence-electron chi connectivity index (χ1n) is 9.23. The molecular weight excluding hydrogens is 411 g/mol. The number of carbonyl (C=O) groups excluding carboxylic acids is 1. The lowest BCUT2D eigenvalue weighted by atomic mass is 10.1. The van der Waals surface area contributed by atoms with Gasteiger partial charge in [0, 0.05) is 44.8 Å². The van der Waals surface area contributed by atoms with Crippen molar-refractivity contribution in [2.24, 2.45) is 4.99 Å². The normalized spacial score (nSPS) is 11.1. The van der Waals surface area contributed by atoms with E-state index in [2.05, 4.69) is 15.6 Å². The molecule has 0 atom stereocenters. The third-order valence-corrected chi connectivity index (χ3v) is 4.59. The van der Waals surface area contributed by atoms with Gasteiger partial charge in [-0.1, -0.05) is 35.3 Å². The number of aliphatic imine (C=N–C) groups is 1. The minimum absolute atomic E-state index is 0.0101. The molecule has 2 rings (SSSR count). The molecule has 0 spiro atoms. The number of ether oxygens (including phenoxy) is 1. The first kappa shape index (κ1) is 22.8. The van der Waals surface area contributed by atoms with Gasteiger partial charge in [0.15, 0.2) is 5.96 Å². The molecule has 0 saturated carbocycles. The molecule has 1 amide bonds. The first-order chi connectivity index (χ1) is 13.9. The minimum Gasteiger partial charge on any atom is -0.492 e. The van der Waals surface area contributed by atoms with E-state index in [0.29, 0.717) is 47.0 Å². The van der Waals surface area contributed by atoms with Crippen LogP contribution in [-0.4, -0.2) is 51.1 Å². The van der Waals surface area contributed by atoms with Gasteiger partial charge in [-0.2, -0.15) is 0 Å². The Morgan fingerprint density at radius 2 is 1.83 bits per heavy atom. The van der Waals surface area contributed by atoms with Crippen LogP contribution in [0.25, 0.3) is 0 Å². The summed E-state index contributed by atoms with van der Waals surface area (Å²) in [7, 11) is 5.20. The highest BCUT2D eigenvalue weighted by Crippen LogP contribution is 2.27. The average molecular weight is 437 g/mol. The molecule has 0 saturated heterocycles. The number of benzene rings is 2. The molecule has 0 aliphatic carbocycles. The van der Waals surface area contributed by atoms with Gasteiger partial charge in [-0.25, -0.2) is 0 Å². The molecule has 29 heavy (non-hydrogen) atoms. The van der Waals surface area contributed by atoms with E-state index in [1.165, 1.54) is 0 Å². The Labute approximate surface area is 181 Å². The second-order valence-electron chi connectivity index (χ2n) is 6.53. The fraction of sp³-hybridized carbons (Fsp3) is 0.333. The van der Waals surface area contributed by atoms with Crippen molar-refractivity contribution in [3.8, 4) is 5.75 Å². The van der Waals surface area contributed by atoms with Gasteiger partial charge < -0.3 is 20.3 Å². The Morgan fingerprint density at radius 1 is 1.10 bits per heavy atom. The molecule has 0 heterocycles. The van der Waals surface area contributed by atoms with Gasteiger partial charge in [-0.15, -0.1) is 0 Å². The lowest BCUT2D eigenvalue weighted by Gasteiger charge is -2.13. The predicted octanol–water partition coefficient (Wildman–Crippen LogP) is 3.83. The molecular formula is C21H26Cl2N4O2. The number of hydrogen-bond donors (Lipinski definition) is 2. The molecule has 0 bridgehead atoms. The Morgan fingerprint density at radius 3 is 2.45 bits per heavy atom.